The summed E-state index contributed by atoms with van der Waals surface area (Å²) in [6.45, 7) is 3.54. The Hall–Kier alpha value is -0.610. The first-order valence-corrected chi connectivity index (χ1v) is 5.26. The molecule has 0 amide bonds. The van der Waals surface area contributed by atoms with Gasteiger partial charge in [0.25, 0.3) is 0 Å². The minimum Gasteiger partial charge on any atom is -0.468 e. The average Bonchev–Trinajstić information content (AvgIpc) is 2.66. The Kier molecular flexibility index (Phi) is 4.90. The van der Waals surface area contributed by atoms with Crippen molar-refractivity contribution in [3.8, 4) is 0 Å². The van der Waals surface area contributed by atoms with Crippen LogP contribution in [-0.4, -0.2) is 38.3 Å². The van der Waals surface area contributed by atoms with Gasteiger partial charge in [0.1, 0.15) is 0 Å². The predicted molar refractivity (Wildman–Crippen MR) is 55.1 cm³/mol. The van der Waals surface area contributed by atoms with Crippen molar-refractivity contribution >= 4 is 5.97 Å². The van der Waals surface area contributed by atoms with Crippen molar-refractivity contribution in [2.24, 2.45) is 0 Å². The van der Waals surface area contributed by atoms with Gasteiger partial charge in [0.2, 0.25) is 0 Å². The second kappa shape index (κ2) is 5.98. The Morgan fingerprint density at radius 1 is 1.71 bits per heavy atom. The van der Waals surface area contributed by atoms with Crippen LogP contribution in [0.3, 0.4) is 0 Å². The molecule has 1 aliphatic heterocycles. The van der Waals surface area contributed by atoms with Crippen LogP contribution in [0.1, 0.15) is 26.2 Å². The van der Waals surface area contributed by atoms with Crippen molar-refractivity contribution < 1.29 is 9.53 Å². The molecule has 2 atom stereocenters. The van der Waals surface area contributed by atoms with Gasteiger partial charge in [-0.3, -0.25) is 4.79 Å². The second-order valence-electron chi connectivity index (χ2n) is 3.89. The van der Waals surface area contributed by atoms with E-state index in [0.29, 0.717) is 18.6 Å². The molecule has 2 N–H and O–H groups in total. The maximum atomic E-state index is 10.9. The van der Waals surface area contributed by atoms with Gasteiger partial charge in [0.05, 0.1) is 13.7 Å². The molecule has 0 aliphatic carbocycles. The Labute approximate surface area is 85.4 Å². The molecule has 14 heavy (non-hydrogen) atoms. The van der Waals surface area contributed by atoms with Crippen molar-refractivity contribution in [2.75, 3.05) is 20.2 Å². The van der Waals surface area contributed by atoms with Gasteiger partial charge in [-0.25, -0.2) is 0 Å². The van der Waals surface area contributed by atoms with Crippen molar-refractivity contribution in [1.82, 2.24) is 10.6 Å². The Bertz CT molecular complexity index is 179. The summed E-state index contributed by atoms with van der Waals surface area (Å²) in [6.07, 6.45) is 3.61. The number of ether oxygens (including phenoxy) is 1. The van der Waals surface area contributed by atoms with Gasteiger partial charge in [-0.05, 0) is 32.7 Å². The van der Waals surface area contributed by atoms with E-state index in [0.717, 1.165) is 13.0 Å². The molecule has 2 unspecified atom stereocenters. The van der Waals surface area contributed by atoms with E-state index in [4.69, 9.17) is 0 Å². The van der Waals surface area contributed by atoms with Crippen molar-refractivity contribution in [2.45, 2.75) is 38.3 Å². The van der Waals surface area contributed by atoms with Gasteiger partial charge in [-0.15, -0.1) is 0 Å². The van der Waals surface area contributed by atoms with E-state index in [1.807, 2.05) is 0 Å². The number of rotatable bonds is 5. The summed E-state index contributed by atoms with van der Waals surface area (Å²) in [6, 6.07) is 0.986. The van der Waals surface area contributed by atoms with E-state index in [1.54, 1.807) is 0 Å². The van der Waals surface area contributed by atoms with Crippen LogP contribution >= 0.6 is 0 Å². The van der Waals surface area contributed by atoms with Gasteiger partial charge in [-0.2, -0.15) is 0 Å². The Balaban J connectivity index is 2.08. The van der Waals surface area contributed by atoms with Gasteiger partial charge in [0.15, 0.2) is 0 Å². The zero-order chi connectivity index (χ0) is 10.4. The predicted octanol–water partition coefficient (Wildman–Crippen LogP) is 0.280. The molecule has 0 bridgehead atoms. The highest BCUT2D eigenvalue weighted by Gasteiger charge is 2.17. The van der Waals surface area contributed by atoms with Crippen LogP contribution < -0.4 is 10.6 Å². The fraction of sp³-hybridized carbons (Fsp3) is 0.900. The van der Waals surface area contributed by atoms with Crippen LogP contribution in [0, 0.1) is 0 Å². The normalized spacial score (nSPS) is 23.4. The fourth-order valence-corrected chi connectivity index (χ4v) is 1.80. The molecule has 1 fully saturated rings. The number of carbonyl (C=O) groups excluding carboxylic acids is 1. The van der Waals surface area contributed by atoms with Gasteiger partial charge >= 0.3 is 5.97 Å². The van der Waals surface area contributed by atoms with Crippen LogP contribution in [0.5, 0.6) is 0 Å². The monoisotopic (exact) mass is 200 g/mol. The number of esters is 1. The molecule has 1 aliphatic rings. The molecule has 0 aromatic rings. The lowest BCUT2D eigenvalue weighted by atomic mass is 10.1. The molecule has 0 radical (unpaired) electrons. The molecule has 1 rings (SSSR count). The molecule has 4 nitrogen and oxygen atoms in total. The summed E-state index contributed by atoms with van der Waals surface area (Å²) in [7, 11) is 1.41. The third-order valence-electron chi connectivity index (χ3n) is 2.62. The van der Waals surface area contributed by atoms with Gasteiger partial charge in [-0.1, -0.05) is 0 Å². The zero-order valence-electron chi connectivity index (χ0n) is 9.01. The number of hydrogen-bond donors (Lipinski definition) is 2. The number of hydrogen-bond acceptors (Lipinski definition) is 4. The fourth-order valence-electron chi connectivity index (χ4n) is 1.80. The van der Waals surface area contributed by atoms with Crippen molar-refractivity contribution in [1.29, 1.82) is 0 Å². The lowest BCUT2D eigenvalue weighted by Crippen LogP contribution is -2.36. The maximum Gasteiger partial charge on any atom is 0.319 e. The summed E-state index contributed by atoms with van der Waals surface area (Å²) in [4.78, 5) is 10.9. The van der Waals surface area contributed by atoms with E-state index >= 15 is 0 Å². The first kappa shape index (κ1) is 11.5. The zero-order valence-corrected chi connectivity index (χ0v) is 9.01. The SMILES string of the molecule is COC(=O)CNC(C)CC1CCCN1. The maximum absolute atomic E-state index is 10.9. The van der Waals surface area contributed by atoms with E-state index < -0.39 is 0 Å². The molecule has 4 heteroatoms. The standard InChI is InChI=1S/C10H20N2O2/c1-8(12-7-10(13)14-2)6-9-4-3-5-11-9/h8-9,11-12H,3-7H2,1-2H3. The molecule has 0 spiro atoms. The molecule has 1 saturated heterocycles. The first-order chi connectivity index (χ1) is 6.72. The minimum absolute atomic E-state index is 0.198. The summed E-state index contributed by atoms with van der Waals surface area (Å²) in [5, 5.41) is 6.58. The highest BCUT2D eigenvalue weighted by Crippen LogP contribution is 2.10. The van der Waals surface area contributed by atoms with E-state index in [-0.39, 0.29) is 5.97 Å². The third kappa shape index (κ3) is 4.07. The molecule has 1 heterocycles. The van der Waals surface area contributed by atoms with Gasteiger partial charge < -0.3 is 15.4 Å². The highest BCUT2D eigenvalue weighted by atomic mass is 16.5. The largest absolute Gasteiger partial charge is 0.468 e. The van der Waals surface area contributed by atoms with E-state index in [1.165, 1.54) is 20.0 Å². The molecule has 0 saturated carbocycles. The van der Waals surface area contributed by atoms with E-state index in [2.05, 4.69) is 22.3 Å². The topological polar surface area (TPSA) is 50.4 Å². The first-order valence-electron chi connectivity index (χ1n) is 5.26. The van der Waals surface area contributed by atoms with Crippen LogP contribution in [0.4, 0.5) is 0 Å². The lowest BCUT2D eigenvalue weighted by Gasteiger charge is -2.17. The van der Waals surface area contributed by atoms with Crippen LogP contribution in [0.2, 0.25) is 0 Å². The molecule has 82 valence electrons. The number of carbonyl (C=O) groups is 1. The van der Waals surface area contributed by atoms with Crippen molar-refractivity contribution in [3.05, 3.63) is 0 Å². The third-order valence-corrected chi connectivity index (χ3v) is 2.62. The smallest absolute Gasteiger partial charge is 0.319 e. The van der Waals surface area contributed by atoms with Crippen molar-refractivity contribution in [3.63, 3.8) is 0 Å². The summed E-state index contributed by atoms with van der Waals surface area (Å²) >= 11 is 0. The Morgan fingerprint density at radius 2 is 2.50 bits per heavy atom. The quantitative estimate of drug-likeness (QED) is 0.626. The second-order valence-corrected chi connectivity index (χ2v) is 3.89. The highest BCUT2D eigenvalue weighted by molar-refractivity contribution is 5.71. The number of nitrogens with one attached hydrogen (secondary N) is 2. The van der Waals surface area contributed by atoms with Crippen LogP contribution in [-0.2, 0) is 9.53 Å². The lowest BCUT2D eigenvalue weighted by molar-refractivity contribution is -0.139. The van der Waals surface area contributed by atoms with Crippen LogP contribution in [0.15, 0.2) is 0 Å². The summed E-state index contributed by atoms with van der Waals surface area (Å²) in [5.74, 6) is -0.198. The van der Waals surface area contributed by atoms with Gasteiger partial charge in [0, 0.05) is 12.1 Å². The Morgan fingerprint density at radius 3 is 3.07 bits per heavy atom. The molecule has 0 aromatic carbocycles. The summed E-state index contributed by atoms with van der Waals surface area (Å²) in [5.41, 5.74) is 0. The molecule has 0 aromatic heterocycles. The molecular weight excluding hydrogens is 180 g/mol. The van der Waals surface area contributed by atoms with Crippen LogP contribution in [0.25, 0.3) is 0 Å². The van der Waals surface area contributed by atoms with E-state index in [9.17, 15) is 4.79 Å². The summed E-state index contributed by atoms with van der Waals surface area (Å²) < 4.78 is 4.55. The average molecular weight is 200 g/mol. The number of methoxy groups -OCH3 is 1. The minimum atomic E-state index is -0.198. The molecular formula is C10H20N2O2.